The van der Waals surface area contributed by atoms with Crippen LogP contribution in [-0.4, -0.2) is 24.3 Å². The van der Waals surface area contributed by atoms with Gasteiger partial charge in [-0.1, -0.05) is 67.4 Å². The second-order valence-corrected chi connectivity index (χ2v) is 9.17. The Morgan fingerprint density at radius 3 is 2.38 bits per heavy atom. The van der Waals surface area contributed by atoms with Crippen molar-refractivity contribution in [2.45, 2.75) is 26.7 Å². The molecule has 0 N–H and O–H groups in total. The normalized spacial score (nSPS) is 13.0. The number of benzene rings is 2. The van der Waals surface area contributed by atoms with Gasteiger partial charge in [-0.3, -0.25) is 9.59 Å². The molecule has 0 fully saturated rings. The number of carbonyl (C=O) groups excluding carboxylic acids is 2. The maximum atomic E-state index is 13.8. The number of esters is 1. The van der Waals surface area contributed by atoms with Crippen LogP contribution >= 0.6 is 18.7 Å². The Balaban J connectivity index is 2.43. The van der Waals surface area contributed by atoms with E-state index in [4.69, 9.17) is 16.3 Å². The predicted molar refractivity (Wildman–Crippen MR) is 105 cm³/mol. The summed E-state index contributed by atoms with van der Waals surface area (Å²) in [6, 6.07) is 13.4. The van der Waals surface area contributed by atoms with Gasteiger partial charge in [-0.25, -0.2) is 0 Å². The van der Waals surface area contributed by atoms with Crippen LogP contribution in [-0.2, 0) is 14.1 Å². The number of hydrogen-bond donors (Lipinski definition) is 0. The molecule has 0 aliphatic rings. The number of hydrogen-bond acceptors (Lipinski definition) is 4. The SMILES string of the molecule is CCCCOC(=O)CP(=O)(C(=O)c1c(C)cccc1Cl)c1ccccc1. The minimum Gasteiger partial charge on any atom is -0.465 e. The highest BCUT2D eigenvalue weighted by Gasteiger charge is 2.39. The van der Waals surface area contributed by atoms with Gasteiger partial charge in [0.05, 0.1) is 11.6 Å². The minimum atomic E-state index is -3.74. The highest BCUT2D eigenvalue weighted by Crippen LogP contribution is 2.49. The number of ether oxygens (including phenoxy) is 1. The van der Waals surface area contributed by atoms with Gasteiger partial charge in [-0.05, 0) is 25.0 Å². The second kappa shape index (κ2) is 9.16. The van der Waals surface area contributed by atoms with E-state index in [1.807, 2.05) is 6.92 Å². The Morgan fingerprint density at radius 1 is 1.08 bits per heavy atom. The van der Waals surface area contributed by atoms with E-state index in [1.54, 1.807) is 55.5 Å². The van der Waals surface area contributed by atoms with Crippen molar-refractivity contribution in [2.75, 3.05) is 12.8 Å². The summed E-state index contributed by atoms with van der Waals surface area (Å²) in [5.74, 6) is -0.635. The summed E-state index contributed by atoms with van der Waals surface area (Å²) in [6.07, 6.45) is 1.13. The molecule has 6 heteroatoms. The average molecular weight is 393 g/mol. The molecule has 0 heterocycles. The van der Waals surface area contributed by atoms with E-state index >= 15 is 0 Å². The van der Waals surface area contributed by atoms with Crippen LogP contribution in [0.3, 0.4) is 0 Å². The fourth-order valence-electron chi connectivity index (χ4n) is 2.59. The molecule has 1 atom stereocenters. The summed E-state index contributed by atoms with van der Waals surface area (Å²) in [5.41, 5.74) is 0.208. The molecule has 1 unspecified atom stereocenters. The predicted octanol–water partition coefficient (Wildman–Crippen LogP) is 4.82. The van der Waals surface area contributed by atoms with E-state index in [0.717, 1.165) is 12.8 Å². The Kier molecular flexibility index (Phi) is 7.19. The Morgan fingerprint density at radius 2 is 1.77 bits per heavy atom. The first-order chi connectivity index (χ1) is 12.4. The van der Waals surface area contributed by atoms with Crippen molar-refractivity contribution in [3.05, 3.63) is 64.7 Å². The van der Waals surface area contributed by atoms with Crippen molar-refractivity contribution in [3.63, 3.8) is 0 Å². The number of rotatable bonds is 8. The highest BCUT2D eigenvalue weighted by molar-refractivity contribution is 7.88. The van der Waals surface area contributed by atoms with E-state index < -0.39 is 24.8 Å². The third-order valence-corrected chi connectivity index (χ3v) is 7.08. The zero-order valence-electron chi connectivity index (χ0n) is 14.9. The molecular weight excluding hydrogens is 371 g/mol. The summed E-state index contributed by atoms with van der Waals surface area (Å²) in [4.78, 5) is 25.5. The third kappa shape index (κ3) is 4.63. The Hall–Kier alpha value is -1.90. The lowest BCUT2D eigenvalue weighted by atomic mass is 10.1. The van der Waals surface area contributed by atoms with Crippen molar-refractivity contribution in [3.8, 4) is 0 Å². The molecule has 0 aromatic heterocycles. The van der Waals surface area contributed by atoms with Crippen LogP contribution in [0.2, 0.25) is 5.02 Å². The second-order valence-electron chi connectivity index (χ2n) is 6.04. The monoisotopic (exact) mass is 392 g/mol. The zero-order chi connectivity index (χ0) is 19.2. The van der Waals surface area contributed by atoms with Crippen LogP contribution < -0.4 is 5.30 Å². The summed E-state index contributed by atoms with van der Waals surface area (Å²) in [6.45, 7) is 3.96. The quantitative estimate of drug-likeness (QED) is 0.367. The first-order valence-corrected chi connectivity index (χ1v) is 10.8. The summed E-state index contributed by atoms with van der Waals surface area (Å²) in [7, 11) is -3.74. The molecule has 2 aromatic carbocycles. The van der Waals surface area contributed by atoms with Gasteiger partial charge in [-0.15, -0.1) is 0 Å². The standard InChI is InChI=1S/C20H22ClO4P/c1-3-4-13-25-18(22)14-26(24,16-10-6-5-7-11-16)20(23)19-15(2)9-8-12-17(19)21/h5-12H,3-4,13-14H2,1-2H3. The molecule has 26 heavy (non-hydrogen) atoms. The van der Waals surface area contributed by atoms with Gasteiger partial charge in [0.25, 0.3) is 0 Å². The van der Waals surface area contributed by atoms with Crippen LogP contribution in [0.4, 0.5) is 0 Å². The molecule has 0 saturated heterocycles. The van der Waals surface area contributed by atoms with Crippen LogP contribution in [0.25, 0.3) is 0 Å². The maximum absolute atomic E-state index is 13.8. The number of aryl methyl sites for hydroxylation is 1. The minimum absolute atomic E-state index is 0.197. The fraction of sp³-hybridized carbons (Fsp3) is 0.300. The van der Waals surface area contributed by atoms with Gasteiger partial charge in [0.15, 0.2) is 7.14 Å². The van der Waals surface area contributed by atoms with E-state index in [-0.39, 0.29) is 17.2 Å². The van der Waals surface area contributed by atoms with Crippen LogP contribution in [0, 0.1) is 6.92 Å². The number of unbranched alkanes of at least 4 members (excludes halogenated alkanes) is 1. The van der Waals surface area contributed by atoms with Crippen LogP contribution in [0.15, 0.2) is 48.5 Å². The van der Waals surface area contributed by atoms with Crippen molar-refractivity contribution >= 4 is 35.5 Å². The van der Waals surface area contributed by atoms with Crippen molar-refractivity contribution in [1.29, 1.82) is 0 Å². The van der Waals surface area contributed by atoms with E-state index in [2.05, 4.69) is 0 Å². The number of carbonyl (C=O) groups is 2. The fourth-order valence-corrected chi connectivity index (χ4v) is 5.29. The van der Waals surface area contributed by atoms with E-state index in [9.17, 15) is 14.2 Å². The summed E-state index contributed by atoms with van der Waals surface area (Å²) in [5, 5.41) is 0.558. The van der Waals surface area contributed by atoms with Crippen LogP contribution in [0.1, 0.15) is 35.7 Å². The molecule has 0 aliphatic heterocycles. The van der Waals surface area contributed by atoms with Gasteiger partial charge in [-0.2, -0.15) is 0 Å². The van der Waals surface area contributed by atoms with Gasteiger partial charge in [0, 0.05) is 10.9 Å². The van der Waals surface area contributed by atoms with Crippen molar-refractivity contribution < 1.29 is 18.9 Å². The van der Waals surface area contributed by atoms with Crippen molar-refractivity contribution in [1.82, 2.24) is 0 Å². The summed E-state index contributed by atoms with van der Waals surface area (Å²) < 4.78 is 18.9. The molecule has 2 aromatic rings. The van der Waals surface area contributed by atoms with E-state index in [0.29, 0.717) is 10.9 Å². The highest BCUT2D eigenvalue weighted by atomic mass is 35.5. The summed E-state index contributed by atoms with van der Waals surface area (Å²) >= 11 is 6.20. The van der Waals surface area contributed by atoms with Gasteiger partial charge in [0.1, 0.15) is 6.16 Å². The lowest BCUT2D eigenvalue weighted by molar-refractivity contribution is -0.140. The molecule has 0 radical (unpaired) electrons. The smallest absolute Gasteiger partial charge is 0.314 e. The molecule has 0 saturated carbocycles. The first-order valence-electron chi connectivity index (χ1n) is 8.50. The van der Waals surface area contributed by atoms with Crippen molar-refractivity contribution in [2.24, 2.45) is 0 Å². The average Bonchev–Trinajstić information content (AvgIpc) is 2.62. The molecule has 2 rings (SSSR count). The van der Waals surface area contributed by atoms with E-state index in [1.165, 1.54) is 0 Å². The molecular formula is C20H22ClO4P. The molecule has 0 amide bonds. The molecule has 4 nitrogen and oxygen atoms in total. The third-order valence-electron chi connectivity index (χ3n) is 4.05. The Bertz CT molecular complexity index is 813. The largest absolute Gasteiger partial charge is 0.465 e. The number of halogens is 1. The zero-order valence-corrected chi connectivity index (χ0v) is 16.6. The van der Waals surface area contributed by atoms with Crippen LogP contribution in [0.5, 0.6) is 0 Å². The first kappa shape index (κ1) is 20.4. The maximum Gasteiger partial charge on any atom is 0.314 e. The lowest BCUT2D eigenvalue weighted by Gasteiger charge is -2.18. The van der Waals surface area contributed by atoms with Gasteiger partial charge in [0.2, 0.25) is 5.52 Å². The topological polar surface area (TPSA) is 60.4 Å². The molecule has 0 aliphatic carbocycles. The lowest BCUT2D eigenvalue weighted by Crippen LogP contribution is -2.22. The van der Waals surface area contributed by atoms with Gasteiger partial charge >= 0.3 is 5.97 Å². The molecule has 138 valence electrons. The van der Waals surface area contributed by atoms with Gasteiger partial charge < -0.3 is 9.30 Å². The molecule has 0 bridgehead atoms. The molecule has 0 spiro atoms. The Labute approximate surface area is 158 Å².